The highest BCUT2D eigenvalue weighted by atomic mass is 127. The molecule has 0 aromatic carbocycles. The predicted octanol–water partition coefficient (Wildman–Crippen LogP) is 2.69. The van der Waals surface area contributed by atoms with Crippen LogP contribution in [0.1, 0.15) is 35.1 Å². The van der Waals surface area contributed by atoms with Crippen molar-refractivity contribution >= 4 is 28.6 Å². The highest BCUT2D eigenvalue weighted by Crippen LogP contribution is 2.59. The zero-order chi connectivity index (χ0) is 14.8. The highest BCUT2D eigenvalue weighted by Gasteiger charge is 2.54. The molecule has 21 heavy (non-hydrogen) atoms. The second-order valence-corrected chi connectivity index (χ2v) is 7.50. The lowest BCUT2D eigenvalue weighted by molar-refractivity contribution is 0.0688. The van der Waals surface area contributed by atoms with Gasteiger partial charge in [-0.1, -0.05) is 6.92 Å². The van der Waals surface area contributed by atoms with Gasteiger partial charge in [-0.25, -0.2) is 14.5 Å². The van der Waals surface area contributed by atoms with E-state index in [4.69, 9.17) is 0 Å². The first-order valence-electron chi connectivity index (χ1n) is 6.94. The van der Waals surface area contributed by atoms with Crippen LogP contribution in [0.2, 0.25) is 0 Å². The molecule has 1 fully saturated rings. The largest absolute Gasteiger partial charge is 0.476 e. The van der Waals surface area contributed by atoms with Gasteiger partial charge in [0.15, 0.2) is 11.5 Å². The van der Waals surface area contributed by atoms with Gasteiger partial charge in [0.2, 0.25) is 0 Å². The molecule has 2 aromatic rings. The Bertz CT molecular complexity index is 770. The smallest absolute Gasteiger partial charge is 0.356 e. The van der Waals surface area contributed by atoms with E-state index in [1.165, 1.54) is 6.42 Å². The van der Waals surface area contributed by atoms with E-state index in [-0.39, 0.29) is 5.69 Å². The van der Waals surface area contributed by atoms with Crippen molar-refractivity contribution in [3.8, 4) is 5.82 Å². The van der Waals surface area contributed by atoms with E-state index in [1.807, 2.05) is 12.1 Å². The molecular formula is C15H14IN3O2. The number of fused-ring (bicyclic) bond motifs is 2. The maximum Gasteiger partial charge on any atom is 0.356 e. The second kappa shape index (κ2) is 4.28. The maximum atomic E-state index is 11.5. The van der Waals surface area contributed by atoms with Gasteiger partial charge in [0.05, 0.1) is 5.69 Å². The van der Waals surface area contributed by atoms with Crippen molar-refractivity contribution in [3.05, 3.63) is 38.9 Å². The lowest BCUT2D eigenvalue weighted by Crippen LogP contribution is -2.17. The van der Waals surface area contributed by atoms with Crippen molar-refractivity contribution in [1.82, 2.24) is 14.8 Å². The molecule has 108 valence electrons. The topological polar surface area (TPSA) is 68.0 Å². The minimum Gasteiger partial charge on any atom is -0.476 e. The number of aromatic carboxylic acids is 1. The monoisotopic (exact) mass is 395 g/mol. The van der Waals surface area contributed by atoms with Crippen molar-refractivity contribution in [2.24, 2.45) is 11.3 Å². The molecule has 6 heteroatoms. The third-order valence-corrected chi connectivity index (χ3v) is 5.45. The Labute approximate surface area is 135 Å². The standard InChI is InChI=1S/C15H14IN3O2/c1-15-6-8(15)4-10-11(7-15)19(18-13(10)14(20)21)12-5-9(16)2-3-17-12/h2-3,5,8H,4,6-7H2,1H3,(H,20,21). The van der Waals surface area contributed by atoms with Crippen LogP contribution in [0, 0.1) is 14.9 Å². The first-order valence-corrected chi connectivity index (χ1v) is 8.02. The van der Waals surface area contributed by atoms with Gasteiger partial charge >= 0.3 is 5.97 Å². The number of hydrogen-bond donors (Lipinski definition) is 1. The molecular weight excluding hydrogens is 381 g/mol. The highest BCUT2D eigenvalue weighted by molar-refractivity contribution is 14.1. The molecule has 2 aliphatic rings. The summed E-state index contributed by atoms with van der Waals surface area (Å²) in [6.07, 6.45) is 4.63. The Morgan fingerprint density at radius 3 is 3.10 bits per heavy atom. The van der Waals surface area contributed by atoms with Gasteiger partial charge in [-0.2, -0.15) is 5.10 Å². The van der Waals surface area contributed by atoms with Gasteiger partial charge in [-0.05, 0) is 65.3 Å². The van der Waals surface area contributed by atoms with Crippen molar-refractivity contribution in [3.63, 3.8) is 0 Å². The van der Waals surface area contributed by atoms with Crippen molar-refractivity contribution in [2.45, 2.75) is 26.2 Å². The molecule has 2 atom stereocenters. The van der Waals surface area contributed by atoms with Crippen LogP contribution in [0.3, 0.4) is 0 Å². The fourth-order valence-electron chi connectivity index (χ4n) is 3.42. The molecule has 4 rings (SSSR count). The number of nitrogens with zero attached hydrogens (tertiary/aromatic N) is 3. The van der Waals surface area contributed by atoms with Crippen LogP contribution in [-0.4, -0.2) is 25.8 Å². The van der Waals surface area contributed by atoms with Crippen LogP contribution >= 0.6 is 22.6 Å². The molecule has 0 saturated heterocycles. The average Bonchev–Trinajstić information content (AvgIpc) is 2.94. The number of carboxylic acid groups (broad SMARTS) is 1. The maximum absolute atomic E-state index is 11.5. The second-order valence-electron chi connectivity index (χ2n) is 6.26. The Hall–Kier alpha value is -1.44. The molecule has 1 N–H and O–H groups in total. The van der Waals surface area contributed by atoms with Crippen molar-refractivity contribution < 1.29 is 9.90 Å². The summed E-state index contributed by atoms with van der Waals surface area (Å²) in [4.78, 5) is 15.8. The van der Waals surface area contributed by atoms with E-state index in [1.54, 1.807) is 10.9 Å². The van der Waals surface area contributed by atoms with Gasteiger partial charge in [0, 0.05) is 15.3 Å². The third kappa shape index (κ3) is 1.99. The normalized spacial score (nSPS) is 26.1. The fraction of sp³-hybridized carbons (Fsp3) is 0.400. The summed E-state index contributed by atoms with van der Waals surface area (Å²) in [5.41, 5.74) is 2.45. The minimum atomic E-state index is -0.945. The predicted molar refractivity (Wildman–Crippen MR) is 84.7 cm³/mol. The zero-order valence-corrected chi connectivity index (χ0v) is 13.7. The van der Waals surface area contributed by atoms with Gasteiger partial charge in [0.1, 0.15) is 0 Å². The third-order valence-electron chi connectivity index (χ3n) is 4.78. The summed E-state index contributed by atoms with van der Waals surface area (Å²) in [7, 11) is 0. The van der Waals surface area contributed by atoms with E-state index < -0.39 is 5.97 Å². The number of carboxylic acids is 1. The molecule has 0 radical (unpaired) electrons. The van der Waals surface area contributed by atoms with E-state index in [0.717, 1.165) is 27.7 Å². The van der Waals surface area contributed by atoms with Crippen LogP contribution in [0.4, 0.5) is 0 Å². The Balaban J connectivity index is 1.90. The molecule has 1 saturated carbocycles. The van der Waals surface area contributed by atoms with Crippen LogP contribution in [0.25, 0.3) is 5.82 Å². The number of carbonyl (C=O) groups is 1. The molecule has 0 bridgehead atoms. The first-order chi connectivity index (χ1) is 9.98. The SMILES string of the molecule is CC12Cc3c(c(C(=O)O)nn3-c3cc(I)ccn3)CC1C2. The lowest BCUT2D eigenvalue weighted by atomic mass is 9.87. The molecule has 2 unspecified atom stereocenters. The summed E-state index contributed by atoms with van der Waals surface area (Å²) < 4.78 is 2.80. The van der Waals surface area contributed by atoms with Crippen molar-refractivity contribution in [1.29, 1.82) is 0 Å². The number of hydrogen-bond acceptors (Lipinski definition) is 3. The van der Waals surface area contributed by atoms with E-state index in [9.17, 15) is 9.90 Å². The van der Waals surface area contributed by atoms with Gasteiger partial charge in [0.25, 0.3) is 0 Å². The summed E-state index contributed by atoms with van der Waals surface area (Å²) in [6, 6.07) is 3.84. The Kier molecular flexibility index (Phi) is 2.70. The number of pyridine rings is 1. The lowest BCUT2D eigenvalue weighted by Gasteiger charge is -2.19. The molecule has 2 aliphatic carbocycles. The van der Waals surface area contributed by atoms with Gasteiger partial charge < -0.3 is 5.11 Å². The summed E-state index contributed by atoms with van der Waals surface area (Å²) >= 11 is 2.23. The summed E-state index contributed by atoms with van der Waals surface area (Å²) in [5, 5.41) is 13.8. The van der Waals surface area contributed by atoms with Crippen molar-refractivity contribution in [2.75, 3.05) is 0 Å². The number of halogens is 1. The average molecular weight is 395 g/mol. The van der Waals surface area contributed by atoms with Crippen LogP contribution in [0.5, 0.6) is 0 Å². The van der Waals surface area contributed by atoms with E-state index >= 15 is 0 Å². The Morgan fingerprint density at radius 2 is 2.38 bits per heavy atom. The van der Waals surface area contributed by atoms with E-state index in [0.29, 0.717) is 17.2 Å². The summed E-state index contributed by atoms with van der Waals surface area (Å²) in [5.74, 6) is 0.373. The first kappa shape index (κ1) is 13.2. The Morgan fingerprint density at radius 1 is 1.57 bits per heavy atom. The molecule has 5 nitrogen and oxygen atoms in total. The number of aromatic nitrogens is 3. The number of rotatable bonds is 2. The van der Waals surface area contributed by atoms with Crippen LogP contribution in [-0.2, 0) is 12.8 Å². The van der Waals surface area contributed by atoms with Crippen LogP contribution < -0.4 is 0 Å². The molecule has 0 spiro atoms. The zero-order valence-electron chi connectivity index (χ0n) is 11.5. The summed E-state index contributed by atoms with van der Waals surface area (Å²) in [6.45, 7) is 2.28. The minimum absolute atomic E-state index is 0.194. The van der Waals surface area contributed by atoms with E-state index in [2.05, 4.69) is 39.6 Å². The molecule has 2 aromatic heterocycles. The van der Waals surface area contributed by atoms with Gasteiger partial charge in [-0.15, -0.1) is 0 Å². The molecule has 2 heterocycles. The van der Waals surface area contributed by atoms with Gasteiger partial charge in [-0.3, -0.25) is 0 Å². The quantitative estimate of drug-likeness (QED) is 0.795. The van der Waals surface area contributed by atoms with Crippen LogP contribution in [0.15, 0.2) is 18.3 Å². The fourth-order valence-corrected chi connectivity index (χ4v) is 3.86. The molecule has 0 aliphatic heterocycles. The molecule has 0 amide bonds.